The van der Waals surface area contributed by atoms with Crippen LogP contribution in [0.25, 0.3) is 33.4 Å². The number of fused-ring (bicyclic) bond motifs is 1. The second kappa shape index (κ2) is 10.9. The summed E-state index contributed by atoms with van der Waals surface area (Å²) in [7, 11) is 5.29. The van der Waals surface area contributed by atoms with Gasteiger partial charge >= 0.3 is 0 Å². The first-order valence-electron chi connectivity index (χ1n) is 12.6. The highest BCUT2D eigenvalue weighted by Crippen LogP contribution is 2.33. The molecular formula is C29H30N8O2. The molecule has 1 N–H and O–H groups in total. The topological polar surface area (TPSA) is 111 Å². The molecule has 0 unspecified atom stereocenters. The molecular weight excluding hydrogens is 492 g/mol. The number of aryl methyl sites for hydroxylation is 1. The van der Waals surface area contributed by atoms with Crippen molar-refractivity contribution in [2.75, 3.05) is 26.0 Å². The van der Waals surface area contributed by atoms with E-state index in [1.807, 2.05) is 68.0 Å². The molecule has 10 heteroatoms. The minimum atomic E-state index is -0.0983. The van der Waals surface area contributed by atoms with Gasteiger partial charge in [0.15, 0.2) is 12.4 Å². The van der Waals surface area contributed by atoms with Gasteiger partial charge in [0.25, 0.3) is 5.91 Å². The average molecular weight is 523 g/mol. The Kier molecular flexibility index (Phi) is 7.18. The van der Waals surface area contributed by atoms with E-state index in [2.05, 4.69) is 34.3 Å². The Morgan fingerprint density at radius 3 is 2.54 bits per heavy atom. The zero-order valence-electron chi connectivity index (χ0n) is 22.6. The fourth-order valence-electron chi connectivity index (χ4n) is 4.01. The standard InChI is InChI=1S/C29H30N8O2/c1-18(2)20-13-27(34-31-15-20)33-26-11-10-24-25(32-26)12-21(14-30-24)23-16-37(5)35-29(23)19-6-8-22(9-7-19)39-17-28(38)36(3)4/h6-16,18H,17H2,1-5H3,(H,32,33,34). The average Bonchev–Trinajstić information content (AvgIpc) is 3.33. The summed E-state index contributed by atoms with van der Waals surface area (Å²) in [6.07, 6.45) is 5.57. The maximum atomic E-state index is 11.8. The molecule has 1 aromatic carbocycles. The number of carbonyl (C=O) groups is 1. The van der Waals surface area contributed by atoms with E-state index in [0.29, 0.717) is 23.3 Å². The maximum Gasteiger partial charge on any atom is 0.259 e. The van der Waals surface area contributed by atoms with Crippen LogP contribution in [0.3, 0.4) is 0 Å². The van der Waals surface area contributed by atoms with E-state index in [4.69, 9.17) is 14.8 Å². The molecule has 0 bridgehead atoms. The first-order chi connectivity index (χ1) is 18.8. The van der Waals surface area contributed by atoms with Crippen molar-refractivity contribution in [3.8, 4) is 28.1 Å². The number of likely N-dealkylation sites (N-methyl/N-ethyl adjacent to an activating group) is 1. The van der Waals surface area contributed by atoms with Crippen molar-refractivity contribution < 1.29 is 9.53 Å². The van der Waals surface area contributed by atoms with Crippen LogP contribution in [-0.2, 0) is 11.8 Å². The fourth-order valence-corrected chi connectivity index (χ4v) is 4.01. The number of benzene rings is 1. The van der Waals surface area contributed by atoms with E-state index >= 15 is 0 Å². The molecule has 0 aliphatic rings. The molecule has 0 atom stereocenters. The van der Waals surface area contributed by atoms with Gasteiger partial charge < -0.3 is 15.0 Å². The van der Waals surface area contributed by atoms with Crippen LogP contribution in [0.2, 0.25) is 0 Å². The monoisotopic (exact) mass is 522 g/mol. The number of nitrogens with zero attached hydrogens (tertiary/aromatic N) is 7. The van der Waals surface area contributed by atoms with Gasteiger partial charge in [-0.15, -0.1) is 5.10 Å². The lowest BCUT2D eigenvalue weighted by atomic mass is 10.0. The predicted molar refractivity (Wildman–Crippen MR) is 151 cm³/mol. The SMILES string of the molecule is CC(C)c1cnnc(Nc2ccc3ncc(-c4cn(C)nc4-c4ccc(OCC(=O)N(C)C)cc4)cc3n2)c1. The number of aromatic nitrogens is 6. The van der Waals surface area contributed by atoms with Crippen LogP contribution in [0.15, 0.2) is 67.1 Å². The number of nitrogens with one attached hydrogen (secondary N) is 1. The third-order valence-electron chi connectivity index (χ3n) is 6.26. The van der Waals surface area contributed by atoms with Crippen molar-refractivity contribution in [3.05, 3.63) is 72.7 Å². The molecule has 0 fully saturated rings. The van der Waals surface area contributed by atoms with E-state index in [0.717, 1.165) is 39.0 Å². The van der Waals surface area contributed by atoms with Gasteiger partial charge in [-0.05, 0) is 60.0 Å². The zero-order valence-corrected chi connectivity index (χ0v) is 22.6. The van der Waals surface area contributed by atoms with Gasteiger partial charge in [-0.3, -0.25) is 14.5 Å². The van der Waals surface area contributed by atoms with Crippen molar-refractivity contribution in [1.82, 2.24) is 34.8 Å². The normalized spacial score (nSPS) is 11.1. The third kappa shape index (κ3) is 5.85. The molecule has 4 aromatic heterocycles. The second-order valence-electron chi connectivity index (χ2n) is 9.78. The fraction of sp³-hybridized carbons (Fsp3) is 0.241. The van der Waals surface area contributed by atoms with Crippen molar-refractivity contribution in [1.29, 1.82) is 0 Å². The first-order valence-corrected chi connectivity index (χ1v) is 12.6. The van der Waals surface area contributed by atoms with E-state index in [1.54, 1.807) is 25.0 Å². The Morgan fingerprint density at radius 1 is 1.00 bits per heavy atom. The molecule has 10 nitrogen and oxygen atoms in total. The number of anilines is 2. The lowest BCUT2D eigenvalue weighted by Gasteiger charge is -2.11. The van der Waals surface area contributed by atoms with Crippen LogP contribution >= 0.6 is 0 Å². The highest BCUT2D eigenvalue weighted by molar-refractivity contribution is 5.86. The lowest BCUT2D eigenvalue weighted by molar-refractivity contribution is -0.130. The summed E-state index contributed by atoms with van der Waals surface area (Å²) < 4.78 is 7.39. The molecule has 39 heavy (non-hydrogen) atoms. The second-order valence-corrected chi connectivity index (χ2v) is 9.78. The number of ether oxygens (including phenoxy) is 1. The van der Waals surface area contributed by atoms with E-state index < -0.39 is 0 Å². The number of hydrogen-bond donors (Lipinski definition) is 1. The molecule has 0 radical (unpaired) electrons. The zero-order chi connectivity index (χ0) is 27.5. The van der Waals surface area contributed by atoms with Crippen LogP contribution in [0.4, 0.5) is 11.6 Å². The maximum absolute atomic E-state index is 11.8. The molecule has 198 valence electrons. The molecule has 4 heterocycles. The van der Waals surface area contributed by atoms with Crippen LogP contribution in [0, 0.1) is 0 Å². The molecule has 5 aromatic rings. The van der Waals surface area contributed by atoms with Crippen LogP contribution in [-0.4, -0.2) is 61.5 Å². The minimum absolute atomic E-state index is 0.0104. The Labute approximate surface area is 226 Å². The first kappa shape index (κ1) is 25.8. The van der Waals surface area contributed by atoms with Gasteiger partial charge in [-0.25, -0.2) is 4.98 Å². The van der Waals surface area contributed by atoms with Crippen LogP contribution in [0.5, 0.6) is 5.75 Å². The van der Waals surface area contributed by atoms with Gasteiger partial charge in [-0.2, -0.15) is 10.2 Å². The third-order valence-corrected chi connectivity index (χ3v) is 6.26. The van der Waals surface area contributed by atoms with Crippen LogP contribution < -0.4 is 10.1 Å². The quantitative estimate of drug-likeness (QED) is 0.309. The summed E-state index contributed by atoms with van der Waals surface area (Å²) >= 11 is 0. The van der Waals surface area contributed by atoms with Crippen LogP contribution in [0.1, 0.15) is 25.3 Å². The molecule has 1 amide bonds. The largest absolute Gasteiger partial charge is 0.484 e. The Hall–Kier alpha value is -4.86. The molecule has 0 saturated heterocycles. The summed E-state index contributed by atoms with van der Waals surface area (Å²) in [5.74, 6) is 2.17. The number of pyridine rings is 2. The number of rotatable bonds is 8. The molecule has 0 aliphatic carbocycles. The van der Waals surface area contributed by atoms with E-state index in [9.17, 15) is 4.79 Å². The number of carbonyl (C=O) groups excluding carboxylic acids is 1. The summed E-state index contributed by atoms with van der Waals surface area (Å²) in [5, 5.41) is 16.2. The summed E-state index contributed by atoms with van der Waals surface area (Å²) in [5.41, 5.74) is 6.18. The van der Waals surface area contributed by atoms with Gasteiger partial charge in [0.1, 0.15) is 17.3 Å². The minimum Gasteiger partial charge on any atom is -0.484 e. The van der Waals surface area contributed by atoms with Gasteiger partial charge in [0.05, 0.1) is 17.2 Å². The Balaban J connectivity index is 1.41. The molecule has 0 aliphatic heterocycles. The Morgan fingerprint density at radius 2 is 1.79 bits per heavy atom. The highest BCUT2D eigenvalue weighted by Gasteiger charge is 2.15. The summed E-state index contributed by atoms with van der Waals surface area (Å²) in [6.45, 7) is 4.22. The smallest absolute Gasteiger partial charge is 0.259 e. The van der Waals surface area contributed by atoms with Crippen molar-refractivity contribution in [2.24, 2.45) is 7.05 Å². The summed E-state index contributed by atoms with van der Waals surface area (Å²) in [6, 6.07) is 15.3. The summed E-state index contributed by atoms with van der Waals surface area (Å²) in [4.78, 5) is 22.7. The number of hydrogen-bond acceptors (Lipinski definition) is 8. The lowest BCUT2D eigenvalue weighted by Crippen LogP contribution is -2.27. The Bertz CT molecular complexity index is 1630. The van der Waals surface area contributed by atoms with Gasteiger partial charge in [0, 0.05) is 50.2 Å². The van der Waals surface area contributed by atoms with E-state index in [-0.39, 0.29) is 12.5 Å². The van der Waals surface area contributed by atoms with Crippen molar-refractivity contribution in [3.63, 3.8) is 0 Å². The van der Waals surface area contributed by atoms with Crippen molar-refractivity contribution >= 4 is 28.6 Å². The highest BCUT2D eigenvalue weighted by atomic mass is 16.5. The molecule has 5 rings (SSSR count). The van der Waals surface area contributed by atoms with Gasteiger partial charge in [-0.1, -0.05) is 13.8 Å². The number of amides is 1. The predicted octanol–water partition coefficient (Wildman–Crippen LogP) is 4.82. The molecule has 0 spiro atoms. The van der Waals surface area contributed by atoms with Gasteiger partial charge in [0.2, 0.25) is 0 Å². The van der Waals surface area contributed by atoms with E-state index in [1.165, 1.54) is 4.90 Å². The van der Waals surface area contributed by atoms with Crippen molar-refractivity contribution in [2.45, 2.75) is 19.8 Å². The molecule has 0 saturated carbocycles.